The number of hydrogen-bond acceptors (Lipinski definition) is 4. The average molecular weight is 282 g/mol. The first-order valence-electron chi connectivity index (χ1n) is 6.56. The molecule has 0 unspecified atom stereocenters. The van der Waals surface area contributed by atoms with E-state index in [9.17, 15) is 9.59 Å². The second-order valence-electron chi connectivity index (χ2n) is 4.99. The van der Waals surface area contributed by atoms with Crippen LogP contribution in [0.1, 0.15) is 21.5 Å². The molecule has 0 bridgehead atoms. The third-order valence-electron chi connectivity index (χ3n) is 3.38. The third kappa shape index (κ3) is 2.35. The molecule has 0 aliphatic carbocycles. The second-order valence-corrected chi connectivity index (χ2v) is 4.99. The lowest BCUT2D eigenvalue weighted by atomic mass is 10.0. The van der Waals surface area contributed by atoms with Gasteiger partial charge in [0.25, 0.3) is 0 Å². The number of Topliss-reactive ketones (excluding diaryl/α,β-unsaturated/α-hetero) is 1. The number of rotatable bonds is 3. The smallest absolute Gasteiger partial charge is 0.292 e. The van der Waals surface area contributed by atoms with Crippen molar-refractivity contribution >= 4 is 11.4 Å². The topological polar surface area (TPSA) is 69.3 Å². The van der Waals surface area contributed by atoms with Gasteiger partial charge in [0.15, 0.2) is 11.4 Å². The summed E-state index contributed by atoms with van der Waals surface area (Å²) < 4.78 is 2.53. The van der Waals surface area contributed by atoms with E-state index < -0.39 is 0 Å². The zero-order chi connectivity index (χ0) is 15.0. The Morgan fingerprint density at radius 3 is 2.86 bits per heavy atom. The van der Waals surface area contributed by atoms with Crippen LogP contribution in [0, 0.1) is 13.8 Å². The van der Waals surface area contributed by atoms with Crippen molar-refractivity contribution in [3.63, 3.8) is 0 Å². The Labute approximate surface area is 120 Å². The van der Waals surface area contributed by atoms with Crippen molar-refractivity contribution in [2.75, 3.05) is 0 Å². The normalized spacial score (nSPS) is 11.0. The van der Waals surface area contributed by atoms with Gasteiger partial charge in [-0.3, -0.25) is 9.78 Å². The van der Waals surface area contributed by atoms with Gasteiger partial charge in [0, 0.05) is 18.0 Å². The molecule has 3 aromatic rings. The van der Waals surface area contributed by atoms with Gasteiger partial charge >= 0.3 is 5.69 Å². The molecule has 2 heterocycles. The lowest BCUT2D eigenvalue weighted by Gasteiger charge is -2.05. The summed E-state index contributed by atoms with van der Waals surface area (Å²) in [5.41, 5.74) is 2.61. The van der Waals surface area contributed by atoms with Gasteiger partial charge in [0.2, 0.25) is 0 Å². The molecule has 0 spiro atoms. The third-order valence-corrected chi connectivity index (χ3v) is 3.38. The molecule has 106 valence electrons. The molecular weight excluding hydrogens is 268 g/mol. The molecule has 0 radical (unpaired) electrons. The van der Waals surface area contributed by atoms with Crippen molar-refractivity contribution in [2.24, 2.45) is 0 Å². The van der Waals surface area contributed by atoms with E-state index in [0.717, 1.165) is 11.1 Å². The van der Waals surface area contributed by atoms with E-state index in [1.165, 1.54) is 27.7 Å². The SMILES string of the molecule is Cc1ccc(C)c(C(=O)Cn2nc3cnccn3c2=O)c1. The summed E-state index contributed by atoms with van der Waals surface area (Å²) in [5.74, 6) is -0.130. The monoisotopic (exact) mass is 282 g/mol. The zero-order valence-corrected chi connectivity index (χ0v) is 11.8. The Bertz CT molecular complexity index is 892. The van der Waals surface area contributed by atoms with Gasteiger partial charge in [-0.25, -0.2) is 13.9 Å². The predicted octanol–water partition coefficient (Wildman–Crippen LogP) is 1.39. The summed E-state index contributed by atoms with van der Waals surface area (Å²) >= 11 is 0. The maximum absolute atomic E-state index is 12.4. The van der Waals surface area contributed by atoms with Crippen LogP contribution < -0.4 is 5.69 Å². The van der Waals surface area contributed by atoms with Gasteiger partial charge in [-0.15, -0.1) is 5.10 Å². The molecule has 0 aliphatic rings. The Morgan fingerprint density at radius 2 is 2.10 bits per heavy atom. The lowest BCUT2D eigenvalue weighted by Crippen LogP contribution is -2.25. The van der Waals surface area contributed by atoms with Crippen molar-refractivity contribution < 1.29 is 4.79 Å². The fraction of sp³-hybridized carbons (Fsp3) is 0.200. The quantitative estimate of drug-likeness (QED) is 0.681. The highest BCUT2D eigenvalue weighted by molar-refractivity contribution is 5.97. The molecule has 0 amide bonds. The molecule has 0 saturated carbocycles. The Hall–Kier alpha value is -2.76. The average Bonchev–Trinajstić information content (AvgIpc) is 2.78. The Morgan fingerprint density at radius 1 is 1.29 bits per heavy atom. The molecule has 6 heteroatoms. The first-order valence-corrected chi connectivity index (χ1v) is 6.56. The van der Waals surface area contributed by atoms with Crippen LogP contribution in [0.2, 0.25) is 0 Å². The fourth-order valence-corrected chi connectivity index (χ4v) is 2.24. The highest BCUT2D eigenvalue weighted by Gasteiger charge is 2.14. The number of fused-ring (bicyclic) bond motifs is 1. The summed E-state index contributed by atoms with van der Waals surface area (Å²) in [5, 5.41) is 4.11. The van der Waals surface area contributed by atoms with Gasteiger partial charge in [-0.05, 0) is 25.5 Å². The van der Waals surface area contributed by atoms with Crippen molar-refractivity contribution in [3.05, 3.63) is 64.0 Å². The summed E-state index contributed by atoms with van der Waals surface area (Å²) in [7, 11) is 0. The number of aromatic nitrogens is 4. The fourth-order valence-electron chi connectivity index (χ4n) is 2.24. The number of nitrogens with zero attached hydrogens (tertiary/aromatic N) is 4. The van der Waals surface area contributed by atoms with E-state index in [2.05, 4.69) is 10.1 Å². The van der Waals surface area contributed by atoms with E-state index in [1.54, 1.807) is 0 Å². The van der Waals surface area contributed by atoms with Crippen LogP contribution in [0.5, 0.6) is 0 Å². The van der Waals surface area contributed by atoms with Gasteiger partial charge in [-0.1, -0.05) is 17.7 Å². The van der Waals surface area contributed by atoms with Gasteiger partial charge < -0.3 is 0 Å². The molecule has 0 atom stereocenters. The first-order chi connectivity index (χ1) is 10.1. The minimum absolute atomic E-state index is 0.0786. The van der Waals surface area contributed by atoms with Crippen LogP contribution in [0.15, 0.2) is 41.6 Å². The van der Waals surface area contributed by atoms with Crippen molar-refractivity contribution in [3.8, 4) is 0 Å². The molecule has 6 nitrogen and oxygen atoms in total. The van der Waals surface area contributed by atoms with E-state index >= 15 is 0 Å². The van der Waals surface area contributed by atoms with Gasteiger partial charge in [-0.2, -0.15) is 0 Å². The largest absolute Gasteiger partial charge is 0.350 e. The Balaban J connectivity index is 1.98. The molecule has 1 aromatic carbocycles. The van der Waals surface area contributed by atoms with Crippen molar-refractivity contribution in [1.29, 1.82) is 0 Å². The van der Waals surface area contributed by atoms with E-state index in [0.29, 0.717) is 11.2 Å². The van der Waals surface area contributed by atoms with Crippen LogP contribution in [0.4, 0.5) is 0 Å². The number of hydrogen-bond donors (Lipinski definition) is 0. The zero-order valence-electron chi connectivity index (χ0n) is 11.8. The molecule has 3 rings (SSSR count). The number of ketones is 1. The molecule has 0 aliphatic heterocycles. The number of benzene rings is 1. The van der Waals surface area contributed by atoms with Gasteiger partial charge in [0.1, 0.15) is 6.54 Å². The van der Waals surface area contributed by atoms with Crippen molar-refractivity contribution in [2.45, 2.75) is 20.4 Å². The number of carbonyl (C=O) groups excluding carboxylic acids is 1. The summed E-state index contributed by atoms with van der Waals surface area (Å²) in [6.45, 7) is 3.73. The molecule has 2 aromatic heterocycles. The van der Waals surface area contributed by atoms with E-state index in [-0.39, 0.29) is 18.0 Å². The number of carbonyl (C=O) groups is 1. The summed E-state index contributed by atoms with van der Waals surface area (Å²) in [6.07, 6.45) is 4.52. The Kier molecular flexibility index (Phi) is 3.13. The maximum atomic E-state index is 12.4. The van der Waals surface area contributed by atoms with Crippen LogP contribution >= 0.6 is 0 Å². The summed E-state index contributed by atoms with van der Waals surface area (Å²) in [6, 6.07) is 5.69. The standard InChI is InChI=1S/C15H14N4O2/c1-10-3-4-11(2)12(7-10)13(20)9-19-15(21)18-6-5-16-8-14(18)17-19/h3-8H,9H2,1-2H3. The van der Waals surface area contributed by atoms with Crippen LogP contribution in [-0.2, 0) is 6.54 Å². The molecule has 0 N–H and O–H groups in total. The first kappa shape index (κ1) is 13.2. The van der Waals surface area contributed by atoms with E-state index in [1.807, 2.05) is 32.0 Å². The van der Waals surface area contributed by atoms with E-state index in [4.69, 9.17) is 0 Å². The highest BCUT2D eigenvalue weighted by atomic mass is 16.2. The summed E-state index contributed by atoms with van der Waals surface area (Å²) in [4.78, 5) is 28.4. The minimum Gasteiger partial charge on any atom is -0.292 e. The molecular formula is C15H14N4O2. The maximum Gasteiger partial charge on any atom is 0.350 e. The predicted molar refractivity (Wildman–Crippen MR) is 77.5 cm³/mol. The van der Waals surface area contributed by atoms with Crippen LogP contribution in [0.25, 0.3) is 5.65 Å². The van der Waals surface area contributed by atoms with Crippen LogP contribution in [0.3, 0.4) is 0 Å². The van der Waals surface area contributed by atoms with Gasteiger partial charge in [0.05, 0.1) is 6.20 Å². The molecule has 21 heavy (non-hydrogen) atoms. The second kappa shape index (κ2) is 4.97. The minimum atomic E-state index is -0.342. The van der Waals surface area contributed by atoms with Crippen LogP contribution in [-0.4, -0.2) is 24.9 Å². The molecule has 0 fully saturated rings. The molecule has 0 saturated heterocycles. The highest BCUT2D eigenvalue weighted by Crippen LogP contribution is 2.12. The van der Waals surface area contributed by atoms with Crippen molar-refractivity contribution in [1.82, 2.24) is 19.2 Å². The lowest BCUT2D eigenvalue weighted by molar-refractivity contribution is 0.0965. The number of aryl methyl sites for hydroxylation is 2.